The number of nitrogens with one attached hydrogen (secondary N) is 2. The highest BCUT2D eigenvalue weighted by molar-refractivity contribution is 6.33. The molecule has 0 radical (unpaired) electrons. The zero-order valence-electron chi connectivity index (χ0n) is 21.8. The number of methoxy groups -OCH3 is 1. The number of hydrogen-bond donors (Lipinski definition) is 3. The maximum atomic E-state index is 9.92. The van der Waals surface area contributed by atoms with E-state index in [1.807, 2.05) is 31.2 Å². The van der Waals surface area contributed by atoms with Crippen LogP contribution in [-0.2, 0) is 5.41 Å². The minimum Gasteiger partial charge on any atom is -0.494 e. The van der Waals surface area contributed by atoms with E-state index in [2.05, 4.69) is 44.5 Å². The molecule has 1 saturated heterocycles. The molecule has 1 fully saturated rings. The fourth-order valence-corrected chi connectivity index (χ4v) is 5.38. The lowest BCUT2D eigenvalue weighted by Crippen LogP contribution is -2.42. The van der Waals surface area contributed by atoms with Crippen LogP contribution in [-0.4, -0.2) is 78.4 Å². The lowest BCUT2D eigenvalue weighted by Gasteiger charge is -2.37. The molecule has 1 atom stereocenters. The SMILES string of the molecule is COc1cc(N2CCC(N(C)C)CC2)c(Cl)cc1Nc1nccc(-c2cnc3c(c2)C(C)(CO)CN3)n1. The Labute approximate surface area is 222 Å². The number of anilines is 4. The van der Waals surface area contributed by atoms with E-state index in [4.69, 9.17) is 21.3 Å². The largest absolute Gasteiger partial charge is 0.494 e. The van der Waals surface area contributed by atoms with Crippen LogP contribution in [0.25, 0.3) is 11.3 Å². The summed E-state index contributed by atoms with van der Waals surface area (Å²) in [7, 11) is 5.92. The van der Waals surface area contributed by atoms with Crippen LogP contribution in [0.1, 0.15) is 25.3 Å². The predicted octanol–water partition coefficient (Wildman–Crippen LogP) is 4.15. The van der Waals surface area contributed by atoms with Gasteiger partial charge in [0, 0.05) is 60.7 Å². The number of halogens is 1. The van der Waals surface area contributed by atoms with Gasteiger partial charge in [0.1, 0.15) is 11.6 Å². The molecule has 1 aromatic carbocycles. The van der Waals surface area contributed by atoms with Gasteiger partial charge in [-0.1, -0.05) is 18.5 Å². The van der Waals surface area contributed by atoms with Gasteiger partial charge in [-0.05, 0) is 45.1 Å². The molecule has 2 aromatic heterocycles. The fraction of sp³-hybridized carbons (Fsp3) is 0.444. The van der Waals surface area contributed by atoms with Crippen LogP contribution >= 0.6 is 11.6 Å². The van der Waals surface area contributed by atoms with Gasteiger partial charge in [0.2, 0.25) is 5.95 Å². The van der Waals surface area contributed by atoms with E-state index in [1.165, 1.54) is 0 Å². The average Bonchev–Trinajstić information content (AvgIpc) is 3.25. The molecule has 0 spiro atoms. The summed E-state index contributed by atoms with van der Waals surface area (Å²) in [5.41, 5.74) is 3.86. The molecule has 0 bridgehead atoms. The third-order valence-electron chi connectivity index (χ3n) is 7.54. The number of hydrogen-bond acceptors (Lipinski definition) is 9. The number of fused-ring (bicyclic) bond motifs is 1. The fourth-order valence-electron chi connectivity index (χ4n) is 5.10. The summed E-state index contributed by atoms with van der Waals surface area (Å²) >= 11 is 6.76. The Morgan fingerprint density at radius 3 is 2.73 bits per heavy atom. The predicted molar refractivity (Wildman–Crippen MR) is 148 cm³/mol. The minimum atomic E-state index is -0.375. The smallest absolute Gasteiger partial charge is 0.227 e. The Bertz CT molecular complexity index is 1280. The first-order valence-corrected chi connectivity index (χ1v) is 12.9. The number of pyridine rings is 1. The number of piperidine rings is 1. The van der Waals surface area contributed by atoms with Gasteiger partial charge in [-0.25, -0.2) is 15.0 Å². The second kappa shape index (κ2) is 10.3. The van der Waals surface area contributed by atoms with Crippen LogP contribution in [0.5, 0.6) is 5.75 Å². The molecule has 2 aliphatic rings. The monoisotopic (exact) mass is 523 g/mol. The first-order valence-electron chi connectivity index (χ1n) is 12.6. The van der Waals surface area contributed by atoms with Crippen LogP contribution in [0.4, 0.5) is 23.1 Å². The third kappa shape index (κ3) is 5.03. The highest BCUT2D eigenvalue weighted by atomic mass is 35.5. The van der Waals surface area contributed by atoms with Crippen LogP contribution in [0.15, 0.2) is 36.7 Å². The molecule has 10 heteroatoms. The van der Waals surface area contributed by atoms with Crippen molar-refractivity contribution in [1.82, 2.24) is 19.9 Å². The van der Waals surface area contributed by atoms with Crippen molar-refractivity contribution in [3.8, 4) is 17.0 Å². The van der Waals surface area contributed by atoms with Gasteiger partial charge in [-0.15, -0.1) is 0 Å². The zero-order chi connectivity index (χ0) is 26.2. The topological polar surface area (TPSA) is 98.7 Å². The zero-order valence-corrected chi connectivity index (χ0v) is 22.5. The normalized spacial score (nSPS) is 19.6. The summed E-state index contributed by atoms with van der Waals surface area (Å²) in [6.45, 7) is 4.61. The van der Waals surface area contributed by atoms with E-state index >= 15 is 0 Å². The first-order chi connectivity index (χ1) is 17.8. The summed E-state index contributed by atoms with van der Waals surface area (Å²) < 4.78 is 5.71. The second-order valence-corrected chi connectivity index (χ2v) is 10.7. The summed E-state index contributed by atoms with van der Waals surface area (Å²) in [5.74, 6) is 1.90. The summed E-state index contributed by atoms with van der Waals surface area (Å²) in [5, 5.41) is 17.1. The second-order valence-electron chi connectivity index (χ2n) is 10.3. The number of nitrogens with zero attached hydrogens (tertiary/aromatic N) is 5. The van der Waals surface area contributed by atoms with Crippen molar-refractivity contribution in [3.05, 3.63) is 47.2 Å². The van der Waals surface area contributed by atoms with Gasteiger partial charge in [0.05, 0.1) is 35.8 Å². The Hall–Kier alpha value is -3.14. The van der Waals surface area contributed by atoms with Gasteiger partial charge >= 0.3 is 0 Å². The van der Waals surface area contributed by atoms with Crippen LogP contribution in [0.3, 0.4) is 0 Å². The van der Waals surface area contributed by atoms with Gasteiger partial charge in [0.15, 0.2) is 0 Å². The Morgan fingerprint density at radius 1 is 1.24 bits per heavy atom. The standard InChI is InChI=1S/C27H34ClN7O2/c1-27(16-36)15-31-25-19(27)11-17(14-30-25)21-5-8-29-26(32-21)33-22-12-20(28)23(13-24(22)37-4)35-9-6-18(7-10-35)34(2)3/h5,8,11-14,18,36H,6-7,9-10,15-16H2,1-4H3,(H,30,31)(H,29,32,33). The van der Waals surface area contributed by atoms with Crippen LogP contribution < -0.4 is 20.3 Å². The molecule has 2 aliphatic heterocycles. The molecule has 0 aliphatic carbocycles. The molecular formula is C27H34ClN7O2. The summed E-state index contributed by atoms with van der Waals surface area (Å²) in [4.78, 5) is 18.3. The van der Waals surface area contributed by atoms with Crippen molar-refractivity contribution in [3.63, 3.8) is 0 Å². The van der Waals surface area contributed by atoms with E-state index in [1.54, 1.807) is 19.5 Å². The number of aromatic nitrogens is 3. The summed E-state index contributed by atoms with van der Waals surface area (Å²) in [6, 6.07) is 8.34. The maximum Gasteiger partial charge on any atom is 0.227 e. The molecule has 9 nitrogen and oxygen atoms in total. The Morgan fingerprint density at radius 2 is 2.03 bits per heavy atom. The molecule has 0 amide bonds. The van der Waals surface area contributed by atoms with E-state index in [-0.39, 0.29) is 12.0 Å². The molecule has 3 aromatic rings. The van der Waals surface area contributed by atoms with E-state index in [0.29, 0.717) is 35.0 Å². The van der Waals surface area contributed by atoms with Gasteiger partial charge < -0.3 is 30.3 Å². The van der Waals surface area contributed by atoms with Gasteiger partial charge in [-0.2, -0.15) is 0 Å². The molecular weight excluding hydrogens is 490 g/mol. The highest BCUT2D eigenvalue weighted by Gasteiger charge is 2.35. The third-order valence-corrected chi connectivity index (χ3v) is 7.84. The van der Waals surface area contributed by atoms with Crippen molar-refractivity contribution < 1.29 is 9.84 Å². The van der Waals surface area contributed by atoms with E-state index < -0.39 is 0 Å². The van der Waals surface area contributed by atoms with Crippen molar-refractivity contribution in [2.24, 2.45) is 0 Å². The van der Waals surface area contributed by atoms with Gasteiger partial charge in [0.25, 0.3) is 0 Å². The van der Waals surface area contributed by atoms with E-state index in [9.17, 15) is 5.11 Å². The summed E-state index contributed by atoms with van der Waals surface area (Å²) in [6.07, 6.45) is 5.68. The van der Waals surface area contributed by atoms with Crippen LogP contribution in [0, 0.1) is 0 Å². The van der Waals surface area contributed by atoms with Crippen molar-refractivity contribution in [2.75, 3.05) is 63.0 Å². The lowest BCUT2D eigenvalue weighted by atomic mass is 9.85. The first kappa shape index (κ1) is 25.5. The molecule has 0 saturated carbocycles. The van der Waals surface area contributed by atoms with Crippen molar-refractivity contribution in [2.45, 2.75) is 31.2 Å². The molecule has 196 valence electrons. The number of rotatable bonds is 7. The number of aliphatic hydroxyl groups is 1. The highest BCUT2D eigenvalue weighted by Crippen LogP contribution is 2.40. The molecule has 5 rings (SSSR count). The molecule has 4 heterocycles. The lowest BCUT2D eigenvalue weighted by molar-refractivity contribution is 0.218. The number of ether oxygens (including phenoxy) is 1. The molecule has 3 N–H and O–H groups in total. The quantitative estimate of drug-likeness (QED) is 0.421. The van der Waals surface area contributed by atoms with Crippen LogP contribution in [0.2, 0.25) is 5.02 Å². The average molecular weight is 524 g/mol. The Balaban J connectivity index is 1.38. The molecule has 37 heavy (non-hydrogen) atoms. The maximum absolute atomic E-state index is 9.92. The van der Waals surface area contributed by atoms with E-state index in [0.717, 1.165) is 54.3 Å². The number of aliphatic hydroxyl groups excluding tert-OH is 1. The Kier molecular flexibility index (Phi) is 7.11. The minimum absolute atomic E-state index is 0.0406. The van der Waals surface area contributed by atoms with Gasteiger partial charge in [-0.3, -0.25) is 0 Å². The molecule has 1 unspecified atom stereocenters. The van der Waals surface area contributed by atoms with Crippen molar-refractivity contribution >= 4 is 34.7 Å². The van der Waals surface area contributed by atoms with Crippen molar-refractivity contribution in [1.29, 1.82) is 0 Å². The number of benzene rings is 1.